The SMILES string of the molecule is COc1cc(CNc2ccc(S(N)(=O)=O)cc2)c(Br)cc1OC(C)C. The van der Waals surface area contributed by atoms with Gasteiger partial charge in [-0.15, -0.1) is 0 Å². The van der Waals surface area contributed by atoms with Gasteiger partial charge in [0.2, 0.25) is 10.0 Å². The van der Waals surface area contributed by atoms with Crippen molar-refractivity contribution in [2.75, 3.05) is 12.4 Å². The summed E-state index contributed by atoms with van der Waals surface area (Å²) in [6.45, 7) is 4.43. The molecule has 0 heterocycles. The highest BCUT2D eigenvalue weighted by molar-refractivity contribution is 9.10. The lowest BCUT2D eigenvalue weighted by molar-refractivity contribution is 0.230. The number of hydrogen-bond acceptors (Lipinski definition) is 5. The topological polar surface area (TPSA) is 90.6 Å². The van der Waals surface area contributed by atoms with Crippen molar-refractivity contribution in [2.45, 2.75) is 31.4 Å². The van der Waals surface area contributed by atoms with Crippen molar-refractivity contribution in [3.05, 3.63) is 46.4 Å². The maximum atomic E-state index is 11.3. The minimum atomic E-state index is -3.68. The summed E-state index contributed by atoms with van der Waals surface area (Å²) in [6.07, 6.45) is 0.0436. The summed E-state index contributed by atoms with van der Waals surface area (Å²) < 4.78 is 34.6. The van der Waals surface area contributed by atoms with Crippen LogP contribution in [0.1, 0.15) is 19.4 Å². The predicted octanol–water partition coefficient (Wildman–Crippen LogP) is 3.50. The molecule has 136 valence electrons. The first-order chi connectivity index (χ1) is 11.7. The molecule has 8 heteroatoms. The number of methoxy groups -OCH3 is 1. The third-order valence-corrected chi connectivity index (χ3v) is 5.03. The molecule has 0 radical (unpaired) electrons. The zero-order valence-corrected chi connectivity index (χ0v) is 16.6. The molecular weight excluding hydrogens is 408 g/mol. The zero-order valence-electron chi connectivity index (χ0n) is 14.2. The Labute approximate surface area is 156 Å². The van der Waals surface area contributed by atoms with Crippen LogP contribution in [0.4, 0.5) is 5.69 Å². The second kappa shape index (κ2) is 8.07. The highest BCUT2D eigenvalue weighted by Gasteiger charge is 2.12. The molecule has 25 heavy (non-hydrogen) atoms. The van der Waals surface area contributed by atoms with Crippen molar-refractivity contribution in [3.8, 4) is 11.5 Å². The summed E-state index contributed by atoms with van der Waals surface area (Å²) in [7, 11) is -2.09. The van der Waals surface area contributed by atoms with E-state index in [0.29, 0.717) is 18.0 Å². The van der Waals surface area contributed by atoms with Crippen LogP contribution in [-0.2, 0) is 16.6 Å². The van der Waals surface area contributed by atoms with E-state index >= 15 is 0 Å². The van der Waals surface area contributed by atoms with Crippen LogP contribution >= 0.6 is 15.9 Å². The second-order valence-electron chi connectivity index (χ2n) is 5.68. The molecule has 2 aromatic carbocycles. The van der Waals surface area contributed by atoms with Crippen LogP contribution in [-0.4, -0.2) is 21.6 Å². The van der Waals surface area contributed by atoms with E-state index in [1.165, 1.54) is 12.1 Å². The second-order valence-corrected chi connectivity index (χ2v) is 8.10. The monoisotopic (exact) mass is 428 g/mol. The number of halogens is 1. The number of primary sulfonamides is 1. The fourth-order valence-corrected chi connectivity index (χ4v) is 3.16. The molecule has 0 fully saturated rings. The van der Waals surface area contributed by atoms with Crippen molar-refractivity contribution in [1.82, 2.24) is 0 Å². The first-order valence-corrected chi connectivity index (χ1v) is 9.94. The van der Waals surface area contributed by atoms with Gasteiger partial charge in [0, 0.05) is 16.7 Å². The molecule has 2 aromatic rings. The molecule has 0 spiro atoms. The molecule has 0 atom stereocenters. The van der Waals surface area contributed by atoms with E-state index in [1.807, 2.05) is 26.0 Å². The lowest BCUT2D eigenvalue weighted by Gasteiger charge is -2.16. The first kappa shape index (κ1) is 19.6. The number of nitrogens with one attached hydrogen (secondary N) is 1. The van der Waals surface area contributed by atoms with Crippen LogP contribution in [0.2, 0.25) is 0 Å². The Balaban J connectivity index is 2.15. The quantitative estimate of drug-likeness (QED) is 0.703. The standard InChI is InChI=1S/C17H21BrN2O4S/c1-11(2)24-17-9-15(18)12(8-16(17)23-3)10-20-13-4-6-14(7-5-13)25(19,21)22/h4-9,11,20H,10H2,1-3H3,(H2,19,21,22). The summed E-state index contributed by atoms with van der Waals surface area (Å²) in [6, 6.07) is 10.0. The van der Waals surface area contributed by atoms with E-state index in [0.717, 1.165) is 15.7 Å². The molecule has 0 aromatic heterocycles. The van der Waals surface area contributed by atoms with Gasteiger partial charge >= 0.3 is 0 Å². The maximum absolute atomic E-state index is 11.3. The van der Waals surface area contributed by atoms with Crippen LogP contribution in [0.25, 0.3) is 0 Å². The van der Waals surface area contributed by atoms with E-state index in [2.05, 4.69) is 21.2 Å². The number of nitrogens with two attached hydrogens (primary N) is 1. The van der Waals surface area contributed by atoms with Crippen molar-refractivity contribution in [2.24, 2.45) is 5.14 Å². The Morgan fingerprint density at radius 2 is 1.80 bits per heavy atom. The van der Waals surface area contributed by atoms with Crippen molar-refractivity contribution >= 4 is 31.6 Å². The van der Waals surface area contributed by atoms with Gasteiger partial charge in [-0.3, -0.25) is 0 Å². The number of hydrogen-bond donors (Lipinski definition) is 2. The number of sulfonamides is 1. The summed E-state index contributed by atoms with van der Waals surface area (Å²) in [4.78, 5) is 0.0797. The molecule has 0 amide bonds. The molecular formula is C17H21BrN2O4S. The number of benzene rings is 2. The first-order valence-electron chi connectivity index (χ1n) is 7.60. The van der Waals surface area contributed by atoms with Gasteiger partial charge < -0.3 is 14.8 Å². The third-order valence-electron chi connectivity index (χ3n) is 3.36. The molecule has 0 aliphatic rings. The minimum Gasteiger partial charge on any atom is -0.493 e. The average Bonchev–Trinajstić information content (AvgIpc) is 2.53. The van der Waals surface area contributed by atoms with E-state index in [1.54, 1.807) is 19.2 Å². The van der Waals surface area contributed by atoms with Gasteiger partial charge in [-0.05, 0) is 55.8 Å². The normalized spacial score (nSPS) is 11.4. The van der Waals surface area contributed by atoms with Crippen molar-refractivity contribution < 1.29 is 17.9 Å². The fourth-order valence-electron chi connectivity index (χ4n) is 2.18. The van der Waals surface area contributed by atoms with Gasteiger partial charge in [0.05, 0.1) is 18.1 Å². The molecule has 2 rings (SSSR count). The number of rotatable bonds is 7. The molecule has 0 saturated heterocycles. The smallest absolute Gasteiger partial charge is 0.238 e. The maximum Gasteiger partial charge on any atom is 0.238 e. The van der Waals surface area contributed by atoms with Gasteiger partial charge in [-0.25, -0.2) is 13.6 Å². The summed E-state index contributed by atoms with van der Waals surface area (Å²) in [5, 5.41) is 8.32. The number of anilines is 1. The molecule has 0 saturated carbocycles. The van der Waals surface area contributed by atoms with E-state index < -0.39 is 10.0 Å². The fraction of sp³-hybridized carbons (Fsp3) is 0.294. The highest BCUT2D eigenvalue weighted by Crippen LogP contribution is 2.34. The Kier molecular flexibility index (Phi) is 6.31. The summed E-state index contributed by atoms with van der Waals surface area (Å²) in [5.74, 6) is 1.32. The average molecular weight is 429 g/mol. The van der Waals surface area contributed by atoms with E-state index in [4.69, 9.17) is 14.6 Å². The predicted molar refractivity (Wildman–Crippen MR) is 102 cm³/mol. The van der Waals surface area contributed by atoms with Gasteiger partial charge in [0.15, 0.2) is 11.5 Å². The Bertz CT molecular complexity index is 836. The minimum absolute atomic E-state index is 0.0436. The van der Waals surface area contributed by atoms with Crippen LogP contribution in [0, 0.1) is 0 Å². The van der Waals surface area contributed by atoms with Gasteiger partial charge in [0.25, 0.3) is 0 Å². The third kappa shape index (κ3) is 5.35. The molecule has 0 unspecified atom stereocenters. The Hall–Kier alpha value is -1.77. The highest BCUT2D eigenvalue weighted by atomic mass is 79.9. The van der Waals surface area contributed by atoms with Gasteiger partial charge in [-0.2, -0.15) is 0 Å². The van der Waals surface area contributed by atoms with Gasteiger partial charge in [-0.1, -0.05) is 15.9 Å². The van der Waals surface area contributed by atoms with Crippen molar-refractivity contribution in [3.63, 3.8) is 0 Å². The molecule has 6 nitrogen and oxygen atoms in total. The summed E-state index contributed by atoms with van der Waals surface area (Å²) >= 11 is 3.54. The van der Waals surface area contributed by atoms with Crippen LogP contribution in [0.15, 0.2) is 45.8 Å². The molecule has 0 aliphatic carbocycles. The van der Waals surface area contributed by atoms with Crippen LogP contribution < -0.4 is 19.9 Å². The number of ether oxygens (including phenoxy) is 2. The van der Waals surface area contributed by atoms with E-state index in [-0.39, 0.29) is 11.0 Å². The van der Waals surface area contributed by atoms with Gasteiger partial charge in [0.1, 0.15) is 0 Å². The van der Waals surface area contributed by atoms with Crippen LogP contribution in [0.5, 0.6) is 11.5 Å². The zero-order chi connectivity index (χ0) is 18.6. The largest absolute Gasteiger partial charge is 0.493 e. The lowest BCUT2D eigenvalue weighted by atomic mass is 10.2. The van der Waals surface area contributed by atoms with Crippen molar-refractivity contribution in [1.29, 1.82) is 0 Å². The molecule has 3 N–H and O–H groups in total. The lowest BCUT2D eigenvalue weighted by Crippen LogP contribution is -2.12. The molecule has 0 aliphatic heterocycles. The summed E-state index contributed by atoms with van der Waals surface area (Å²) in [5.41, 5.74) is 1.75. The molecule has 0 bridgehead atoms. The van der Waals surface area contributed by atoms with E-state index in [9.17, 15) is 8.42 Å². The van der Waals surface area contributed by atoms with Crippen LogP contribution in [0.3, 0.4) is 0 Å². The Morgan fingerprint density at radius 1 is 1.16 bits per heavy atom. The Morgan fingerprint density at radius 3 is 2.32 bits per heavy atom.